The summed E-state index contributed by atoms with van der Waals surface area (Å²) in [5.41, 5.74) is 7.38. The van der Waals surface area contributed by atoms with Crippen LogP contribution in [0.25, 0.3) is 33.9 Å². The number of pyridine rings is 4. The van der Waals surface area contributed by atoms with Gasteiger partial charge >= 0.3 is 65.4 Å². The van der Waals surface area contributed by atoms with Gasteiger partial charge in [0, 0.05) is 24.8 Å². The van der Waals surface area contributed by atoms with Crippen molar-refractivity contribution in [1.29, 1.82) is 0 Å². The number of alkyl halides is 6. The molecule has 4 aromatic heterocycles. The molecule has 0 spiro atoms. The largest absolute Gasteiger partial charge is 3.00 e. The summed E-state index contributed by atoms with van der Waals surface area (Å²) in [7, 11) is -10.7. The molecule has 4 heterocycles. The molecule has 0 aliphatic heterocycles. The Morgan fingerprint density at radius 3 is 0.809 bits per heavy atom. The second-order valence-electron chi connectivity index (χ2n) is 19.7. The zero-order valence-electron chi connectivity index (χ0n) is 39.5. The molecule has 0 unspecified atom stereocenters. The van der Waals surface area contributed by atoms with Crippen molar-refractivity contribution in [3.63, 3.8) is 0 Å². The van der Waals surface area contributed by atoms with E-state index in [1.807, 2.05) is 12.4 Å². The normalized spacial score (nSPS) is 13.4. The van der Waals surface area contributed by atoms with Gasteiger partial charge in [-0.1, -0.05) is 95.2 Å². The van der Waals surface area contributed by atoms with E-state index in [2.05, 4.69) is 176 Å². The van der Waals surface area contributed by atoms with Gasteiger partial charge in [-0.3, -0.25) is 9.97 Å². The van der Waals surface area contributed by atoms with Crippen LogP contribution in [-0.4, -0.2) is 19.9 Å². The van der Waals surface area contributed by atoms with Crippen LogP contribution in [0.5, 0.6) is 0 Å². The van der Waals surface area contributed by atoms with Crippen molar-refractivity contribution in [2.45, 2.75) is 117 Å². The van der Waals surface area contributed by atoms with Crippen LogP contribution in [-0.2, 0) is 54.1 Å². The molecule has 68 heavy (non-hydrogen) atoms. The summed E-state index contributed by atoms with van der Waals surface area (Å²) in [6, 6.07) is 30.8. The van der Waals surface area contributed by atoms with E-state index < -0.39 is 31.3 Å². The van der Waals surface area contributed by atoms with Gasteiger partial charge in [-0.05, 0) is 80.6 Å². The quantitative estimate of drug-likeness (QED) is 0.101. The monoisotopic (exact) mass is 1160 g/mol. The third kappa shape index (κ3) is 20.9. The molecule has 0 saturated carbocycles. The zero-order chi connectivity index (χ0) is 51.3. The molecule has 18 heteroatoms. The molecule has 0 N–H and O–H groups in total. The van der Waals surface area contributed by atoms with Gasteiger partial charge in [0.1, 0.15) is 0 Å². The maximum atomic E-state index is 12.5. The predicted molar refractivity (Wildman–Crippen MR) is 243 cm³/mol. The van der Waals surface area contributed by atoms with Gasteiger partial charge < -0.3 is 9.97 Å². The van der Waals surface area contributed by atoms with E-state index in [1.54, 1.807) is 0 Å². The number of nitrogens with zero attached hydrogens (tertiary/aromatic N) is 4. The SMILES string of the molecule is CC(C)(C)c1c[c-]c(-c2cc(C(C)(C)C)ccn2)cc1.CC(C)(C)c1c[c-]c(-c2cc(C(C)(C)C)ccn2)cc1.FC(F)(F)c1ccnc(-c2cc(C(F)(F)F)ccn2)c1.F[P-](F)(F)(F)(F)F.[Ir+3]. The first-order valence-corrected chi connectivity index (χ1v) is 22.6. The first-order chi connectivity index (χ1) is 30.0. The number of hydrogen-bond donors (Lipinski definition) is 0. The van der Waals surface area contributed by atoms with E-state index in [9.17, 15) is 51.5 Å². The summed E-state index contributed by atoms with van der Waals surface area (Å²) in [5, 5.41) is 0. The van der Waals surface area contributed by atoms with Crippen LogP contribution >= 0.6 is 7.81 Å². The van der Waals surface area contributed by atoms with Gasteiger partial charge in [0.15, 0.2) is 0 Å². The van der Waals surface area contributed by atoms with Gasteiger partial charge in [-0.25, -0.2) is 0 Å². The third-order valence-corrected chi connectivity index (χ3v) is 9.60. The molecule has 0 atom stereocenters. The van der Waals surface area contributed by atoms with Crippen LogP contribution in [0.1, 0.15) is 116 Å². The van der Waals surface area contributed by atoms with Crippen molar-refractivity contribution >= 4 is 7.81 Å². The van der Waals surface area contributed by atoms with Crippen LogP contribution in [0.2, 0.25) is 0 Å². The standard InChI is InChI=1S/2C19H24N.C12H6F6N2.F6P.Ir/c2*1-18(2,3)15-9-7-14(8-10-15)17-13-16(11-12-20-17)19(4,5)6;13-11(14,15)7-1-3-19-9(5-7)10-6-8(2-4-20-10)12(16,17)18;1-7(2,3,4,5)6;/h2*7,9-13H,1-6H3;1-6H;;/q2*-1;;-1;+3. The number of hydrogen-bond acceptors (Lipinski definition) is 4. The van der Waals surface area contributed by atoms with E-state index in [0.29, 0.717) is 12.1 Å². The Morgan fingerprint density at radius 1 is 0.353 bits per heavy atom. The van der Waals surface area contributed by atoms with Crippen molar-refractivity contribution in [2.75, 3.05) is 0 Å². The Balaban J connectivity index is 0.000000324. The maximum absolute atomic E-state index is 12.5. The summed E-state index contributed by atoms with van der Waals surface area (Å²) in [6.07, 6.45) is -3.66. The Bertz CT molecular complexity index is 2390. The average molecular weight is 1160 g/mol. The Kier molecular flexibility index (Phi) is 18.1. The van der Waals surface area contributed by atoms with E-state index in [0.717, 1.165) is 47.0 Å². The minimum Gasteiger partial charge on any atom is 3.00 e. The zero-order valence-corrected chi connectivity index (χ0v) is 42.8. The summed E-state index contributed by atoms with van der Waals surface area (Å²) < 4.78 is 134. The molecule has 6 aromatic rings. The molecule has 0 amide bonds. The van der Waals surface area contributed by atoms with Gasteiger partial charge in [0.25, 0.3) is 0 Å². The van der Waals surface area contributed by atoms with E-state index in [4.69, 9.17) is 0 Å². The number of halogens is 12. The van der Waals surface area contributed by atoms with Crippen molar-refractivity contribution < 1.29 is 71.6 Å². The molecular weight excluding hydrogens is 1110 g/mol. The number of benzene rings is 2. The molecular formula is C50H54F12IrN4P. The third-order valence-electron chi connectivity index (χ3n) is 9.60. The fourth-order valence-corrected chi connectivity index (χ4v) is 5.68. The van der Waals surface area contributed by atoms with Crippen LogP contribution in [0, 0.1) is 12.1 Å². The Morgan fingerprint density at radius 2 is 0.588 bits per heavy atom. The molecule has 2 aromatic carbocycles. The van der Waals surface area contributed by atoms with Crippen LogP contribution in [0.4, 0.5) is 51.5 Å². The average Bonchev–Trinajstić information content (AvgIpc) is 3.19. The van der Waals surface area contributed by atoms with Gasteiger partial charge in [0.05, 0.1) is 22.5 Å². The topological polar surface area (TPSA) is 51.6 Å². The smallest absolute Gasteiger partial charge is 3.00 e. The minimum atomic E-state index is -10.7. The number of rotatable bonds is 3. The van der Waals surface area contributed by atoms with E-state index in [1.165, 1.54) is 22.3 Å². The summed E-state index contributed by atoms with van der Waals surface area (Å²) >= 11 is 0. The molecule has 0 aliphatic rings. The fourth-order valence-electron chi connectivity index (χ4n) is 5.68. The number of aromatic nitrogens is 4. The van der Waals surface area contributed by atoms with Gasteiger partial charge in [-0.15, -0.1) is 70.8 Å². The first kappa shape index (κ1) is 59.4. The van der Waals surface area contributed by atoms with Crippen molar-refractivity contribution in [3.8, 4) is 33.9 Å². The molecule has 372 valence electrons. The summed E-state index contributed by atoms with van der Waals surface area (Å²) in [5.74, 6) is 0. The van der Waals surface area contributed by atoms with Crippen LogP contribution in [0.3, 0.4) is 0 Å². The Hall–Kier alpha value is -4.72. The Labute approximate surface area is 404 Å². The van der Waals surface area contributed by atoms with Gasteiger partial charge in [-0.2, -0.15) is 26.3 Å². The molecule has 0 saturated heterocycles. The van der Waals surface area contributed by atoms with Gasteiger partial charge in [0.2, 0.25) is 0 Å². The predicted octanol–water partition coefficient (Wildman–Crippen LogP) is 17.8. The van der Waals surface area contributed by atoms with Crippen LogP contribution in [0.15, 0.2) is 110 Å². The fraction of sp³-hybridized carbons (Fsp3) is 0.360. The van der Waals surface area contributed by atoms with Crippen molar-refractivity contribution in [3.05, 3.63) is 155 Å². The molecule has 0 aliphatic carbocycles. The van der Waals surface area contributed by atoms with Crippen LogP contribution < -0.4 is 0 Å². The first-order valence-electron chi connectivity index (χ1n) is 20.6. The second-order valence-corrected chi connectivity index (χ2v) is 21.6. The van der Waals surface area contributed by atoms with E-state index >= 15 is 0 Å². The summed E-state index contributed by atoms with van der Waals surface area (Å²) in [4.78, 5) is 16.2. The van der Waals surface area contributed by atoms with Crippen molar-refractivity contribution in [2.24, 2.45) is 0 Å². The molecule has 4 nitrogen and oxygen atoms in total. The minimum absolute atomic E-state index is 0. The van der Waals surface area contributed by atoms with Crippen molar-refractivity contribution in [1.82, 2.24) is 19.9 Å². The second kappa shape index (κ2) is 20.7. The molecule has 0 fully saturated rings. The molecule has 6 rings (SSSR count). The van der Waals surface area contributed by atoms with E-state index in [-0.39, 0.29) is 53.2 Å². The summed E-state index contributed by atoms with van der Waals surface area (Å²) in [6.45, 7) is 26.6. The molecule has 0 bridgehead atoms. The molecule has 0 radical (unpaired) electrons. The maximum Gasteiger partial charge on any atom is 3.00 e.